The number of nitrogens with zero attached hydrogens (tertiary/aromatic N) is 1. The van der Waals surface area contributed by atoms with Gasteiger partial charge in [0, 0.05) is 46.1 Å². The molecule has 3 aromatic carbocycles. The molecule has 148 valence electrons. The van der Waals surface area contributed by atoms with Crippen molar-refractivity contribution in [1.82, 2.24) is 4.98 Å². The molecule has 1 amide bonds. The molecule has 5 rings (SSSR count). The molecule has 0 saturated carbocycles. The van der Waals surface area contributed by atoms with Gasteiger partial charge < -0.3 is 19.5 Å². The minimum absolute atomic E-state index is 0.0857. The highest BCUT2D eigenvalue weighted by molar-refractivity contribution is 6.15. The third-order valence-corrected chi connectivity index (χ3v) is 5.07. The second-order valence-electron chi connectivity index (χ2n) is 6.79. The first-order chi connectivity index (χ1) is 14.5. The number of nitro benzene ring substituents is 1. The molecule has 0 radical (unpaired) electrons. The maximum absolute atomic E-state index is 13.0. The Bertz CT molecular complexity index is 1460. The zero-order valence-electron chi connectivity index (χ0n) is 15.8. The van der Waals surface area contributed by atoms with E-state index in [0.29, 0.717) is 33.5 Å². The van der Waals surface area contributed by atoms with Crippen molar-refractivity contribution in [1.29, 1.82) is 0 Å². The Morgan fingerprint density at radius 2 is 1.90 bits per heavy atom. The number of para-hydroxylation sites is 1. The van der Waals surface area contributed by atoms with E-state index in [0.717, 1.165) is 16.4 Å². The van der Waals surface area contributed by atoms with Crippen LogP contribution in [0.4, 0.5) is 11.4 Å². The minimum Gasteiger partial charge on any atom is -0.495 e. The van der Waals surface area contributed by atoms with Crippen molar-refractivity contribution in [3.63, 3.8) is 0 Å². The Morgan fingerprint density at radius 3 is 2.70 bits per heavy atom. The number of amides is 1. The lowest BCUT2D eigenvalue weighted by Crippen LogP contribution is -2.12. The molecule has 8 nitrogen and oxygen atoms in total. The molecule has 2 heterocycles. The van der Waals surface area contributed by atoms with E-state index in [1.807, 2.05) is 30.3 Å². The van der Waals surface area contributed by atoms with Crippen molar-refractivity contribution >= 4 is 50.1 Å². The zero-order valence-corrected chi connectivity index (χ0v) is 15.8. The first-order valence-electron chi connectivity index (χ1n) is 9.11. The molecule has 0 atom stereocenters. The predicted octanol–water partition coefficient (Wildman–Crippen LogP) is 5.24. The zero-order chi connectivity index (χ0) is 20.8. The highest BCUT2D eigenvalue weighted by Crippen LogP contribution is 2.36. The van der Waals surface area contributed by atoms with Crippen LogP contribution < -0.4 is 10.1 Å². The van der Waals surface area contributed by atoms with Gasteiger partial charge in [0.2, 0.25) is 0 Å². The number of nitrogens with one attached hydrogen (secondary N) is 2. The van der Waals surface area contributed by atoms with Gasteiger partial charge in [-0.05, 0) is 18.2 Å². The first-order valence-corrected chi connectivity index (χ1v) is 9.11. The molecule has 0 aliphatic heterocycles. The summed E-state index contributed by atoms with van der Waals surface area (Å²) >= 11 is 0. The monoisotopic (exact) mass is 401 g/mol. The Balaban J connectivity index is 1.57. The van der Waals surface area contributed by atoms with Crippen molar-refractivity contribution in [3.8, 4) is 5.75 Å². The van der Waals surface area contributed by atoms with Crippen LogP contribution in [0, 0.1) is 10.1 Å². The van der Waals surface area contributed by atoms with Crippen LogP contribution in [0.1, 0.15) is 10.4 Å². The number of carbonyl (C=O) groups excluding carboxylic acids is 1. The fourth-order valence-electron chi connectivity index (χ4n) is 3.62. The summed E-state index contributed by atoms with van der Waals surface area (Å²) in [5.41, 5.74) is 2.63. The van der Waals surface area contributed by atoms with Crippen LogP contribution in [0.25, 0.3) is 32.8 Å². The number of carbonyl (C=O) groups is 1. The van der Waals surface area contributed by atoms with Crippen molar-refractivity contribution in [2.45, 2.75) is 0 Å². The third kappa shape index (κ3) is 2.74. The molecule has 0 aliphatic carbocycles. The molecular weight excluding hydrogens is 386 g/mol. The van der Waals surface area contributed by atoms with E-state index in [4.69, 9.17) is 9.15 Å². The number of rotatable bonds is 4. The van der Waals surface area contributed by atoms with E-state index >= 15 is 0 Å². The third-order valence-electron chi connectivity index (χ3n) is 5.07. The molecular formula is C22H15N3O5. The van der Waals surface area contributed by atoms with E-state index in [1.54, 1.807) is 12.1 Å². The number of fused-ring (bicyclic) bond motifs is 4. The summed E-state index contributed by atoms with van der Waals surface area (Å²) in [6.07, 6.45) is 1.52. The van der Waals surface area contributed by atoms with Crippen LogP contribution in [0.2, 0.25) is 0 Å². The number of aromatic amines is 1. The van der Waals surface area contributed by atoms with Gasteiger partial charge in [0.25, 0.3) is 11.6 Å². The van der Waals surface area contributed by atoms with Gasteiger partial charge in [-0.1, -0.05) is 18.2 Å². The molecule has 2 aromatic heterocycles. The molecule has 5 aromatic rings. The first kappa shape index (κ1) is 17.7. The van der Waals surface area contributed by atoms with Crippen LogP contribution in [-0.4, -0.2) is 22.9 Å². The number of hydrogen-bond donors (Lipinski definition) is 2. The number of ether oxygens (including phenoxy) is 1. The van der Waals surface area contributed by atoms with Crippen molar-refractivity contribution in [2.75, 3.05) is 12.4 Å². The Hall–Kier alpha value is -4.33. The van der Waals surface area contributed by atoms with Gasteiger partial charge in [-0.25, -0.2) is 0 Å². The van der Waals surface area contributed by atoms with Crippen LogP contribution in [0.5, 0.6) is 5.75 Å². The lowest BCUT2D eigenvalue weighted by atomic mass is 10.1. The second kappa shape index (κ2) is 6.63. The molecule has 0 saturated heterocycles. The van der Waals surface area contributed by atoms with Crippen LogP contribution >= 0.6 is 0 Å². The summed E-state index contributed by atoms with van der Waals surface area (Å²) in [6.45, 7) is 0. The fourth-order valence-corrected chi connectivity index (χ4v) is 3.62. The molecule has 0 unspecified atom stereocenters. The number of hydrogen-bond acceptors (Lipinski definition) is 5. The van der Waals surface area contributed by atoms with Crippen molar-refractivity contribution in [2.24, 2.45) is 0 Å². The summed E-state index contributed by atoms with van der Waals surface area (Å²) in [5, 5.41) is 16.2. The van der Waals surface area contributed by atoms with E-state index in [1.165, 1.54) is 25.4 Å². The lowest BCUT2D eigenvalue weighted by Gasteiger charge is -2.10. The van der Waals surface area contributed by atoms with Gasteiger partial charge in [-0.2, -0.15) is 0 Å². The Labute approximate surface area is 169 Å². The van der Waals surface area contributed by atoms with Gasteiger partial charge in [0.05, 0.1) is 23.3 Å². The predicted molar refractivity (Wildman–Crippen MR) is 113 cm³/mol. The summed E-state index contributed by atoms with van der Waals surface area (Å²) in [7, 11) is 1.52. The standard InChI is InChI=1S/C22H15N3O5/c1-29-21-9-15-13-4-2-3-5-19(13)30-20(15)10-18(21)24-22(26)16-11-23-17-7-6-12(25(27)28)8-14(16)17/h2-11,23H,1H3,(H,24,26). The second-order valence-corrected chi connectivity index (χ2v) is 6.79. The van der Waals surface area contributed by atoms with Crippen LogP contribution in [0.15, 0.2) is 65.2 Å². The van der Waals surface area contributed by atoms with Gasteiger partial charge in [0.15, 0.2) is 0 Å². The quantitative estimate of drug-likeness (QED) is 0.316. The highest BCUT2D eigenvalue weighted by Gasteiger charge is 2.18. The Morgan fingerprint density at radius 1 is 1.07 bits per heavy atom. The summed E-state index contributed by atoms with van der Waals surface area (Å²) in [4.78, 5) is 26.5. The maximum atomic E-state index is 13.0. The molecule has 30 heavy (non-hydrogen) atoms. The summed E-state index contributed by atoms with van der Waals surface area (Å²) < 4.78 is 11.4. The molecule has 0 aliphatic rings. The number of nitro groups is 1. The Kier molecular flexibility index (Phi) is 3.92. The highest BCUT2D eigenvalue weighted by atomic mass is 16.6. The molecule has 0 fully saturated rings. The summed E-state index contributed by atoms with van der Waals surface area (Å²) in [6, 6.07) is 15.5. The number of non-ortho nitro benzene ring substituents is 1. The number of methoxy groups -OCH3 is 1. The number of aromatic nitrogens is 1. The number of benzene rings is 3. The average molecular weight is 401 g/mol. The van der Waals surface area contributed by atoms with E-state index < -0.39 is 10.8 Å². The molecule has 0 spiro atoms. The van der Waals surface area contributed by atoms with Crippen molar-refractivity contribution in [3.05, 3.63) is 76.5 Å². The minimum atomic E-state index is -0.493. The number of anilines is 1. The molecule has 2 N–H and O–H groups in total. The van der Waals surface area contributed by atoms with Gasteiger partial charge >= 0.3 is 0 Å². The summed E-state index contributed by atoms with van der Waals surface area (Å²) in [5.74, 6) is 0.0590. The molecule has 8 heteroatoms. The van der Waals surface area contributed by atoms with E-state index in [2.05, 4.69) is 10.3 Å². The van der Waals surface area contributed by atoms with Crippen LogP contribution in [0.3, 0.4) is 0 Å². The van der Waals surface area contributed by atoms with Gasteiger partial charge in [-0.15, -0.1) is 0 Å². The van der Waals surface area contributed by atoms with Crippen LogP contribution in [-0.2, 0) is 0 Å². The molecule has 0 bridgehead atoms. The normalized spacial score (nSPS) is 11.2. The largest absolute Gasteiger partial charge is 0.495 e. The maximum Gasteiger partial charge on any atom is 0.270 e. The number of H-pyrrole nitrogens is 1. The smallest absolute Gasteiger partial charge is 0.270 e. The van der Waals surface area contributed by atoms with E-state index in [-0.39, 0.29) is 5.69 Å². The van der Waals surface area contributed by atoms with Crippen molar-refractivity contribution < 1.29 is 18.9 Å². The SMILES string of the molecule is COc1cc2c(cc1NC(=O)c1c[nH]c3ccc([N+](=O)[O-])cc13)oc1ccccc12. The topological polar surface area (TPSA) is 110 Å². The van der Waals surface area contributed by atoms with Gasteiger partial charge in [-0.3, -0.25) is 14.9 Å². The average Bonchev–Trinajstić information content (AvgIpc) is 3.33. The van der Waals surface area contributed by atoms with E-state index in [9.17, 15) is 14.9 Å². The lowest BCUT2D eigenvalue weighted by molar-refractivity contribution is -0.384. The fraction of sp³-hybridized carbons (Fsp3) is 0.0455. The van der Waals surface area contributed by atoms with Gasteiger partial charge in [0.1, 0.15) is 16.9 Å². The number of furan rings is 1.